The Morgan fingerprint density at radius 1 is 0.951 bits per heavy atom. The number of rotatable bonds is 10. The lowest BCUT2D eigenvalue weighted by Crippen LogP contribution is -2.37. The molecule has 11 heteroatoms. The van der Waals surface area contributed by atoms with Crippen LogP contribution in [0.25, 0.3) is 11.1 Å². The Morgan fingerprint density at radius 2 is 1.59 bits per heavy atom. The highest BCUT2D eigenvalue weighted by molar-refractivity contribution is 5.82. The first-order chi connectivity index (χ1) is 19.5. The average Bonchev–Trinajstić information content (AvgIpc) is 3.51. The Labute approximate surface area is 239 Å². The third-order valence-electron chi connectivity index (χ3n) is 6.37. The highest BCUT2D eigenvalue weighted by atomic mass is 16.6. The minimum Gasteiger partial charge on any atom is -0.449 e. The second-order valence-electron chi connectivity index (χ2n) is 11.3. The van der Waals surface area contributed by atoms with E-state index >= 15 is 0 Å². The summed E-state index contributed by atoms with van der Waals surface area (Å²) < 4.78 is 16.1. The molecule has 2 aromatic carbocycles. The first-order valence-electron chi connectivity index (χ1n) is 13.7. The van der Waals surface area contributed by atoms with E-state index in [0.717, 1.165) is 22.3 Å². The molecule has 1 unspecified atom stereocenters. The molecule has 1 heterocycles. The fourth-order valence-corrected chi connectivity index (χ4v) is 4.67. The molecule has 0 saturated carbocycles. The van der Waals surface area contributed by atoms with Gasteiger partial charge in [0.1, 0.15) is 18.8 Å². The summed E-state index contributed by atoms with van der Waals surface area (Å²) in [6, 6.07) is 15.6. The van der Waals surface area contributed by atoms with Crippen LogP contribution in [0, 0.1) is 5.92 Å². The first kappa shape index (κ1) is 29.6. The summed E-state index contributed by atoms with van der Waals surface area (Å²) in [5, 5.41) is 11.8. The molecule has 3 N–H and O–H groups in total. The number of amides is 3. The smallest absolute Gasteiger partial charge is 0.408 e. The zero-order valence-corrected chi connectivity index (χ0v) is 24.0. The monoisotopic (exact) mass is 563 g/mol. The van der Waals surface area contributed by atoms with Crippen molar-refractivity contribution in [3.8, 4) is 11.1 Å². The Bertz CT molecular complexity index is 1330. The maximum absolute atomic E-state index is 12.3. The summed E-state index contributed by atoms with van der Waals surface area (Å²) in [5.74, 6) is 0.155. The van der Waals surface area contributed by atoms with Gasteiger partial charge in [0.15, 0.2) is 5.82 Å². The van der Waals surface area contributed by atoms with Crippen LogP contribution in [-0.4, -0.2) is 47.0 Å². The van der Waals surface area contributed by atoms with Crippen LogP contribution in [0.15, 0.2) is 53.1 Å². The number of fused-ring (bicyclic) bond motifs is 3. The van der Waals surface area contributed by atoms with E-state index in [2.05, 4.69) is 38.2 Å². The highest BCUT2D eigenvalue weighted by Crippen LogP contribution is 2.44. The molecule has 3 aromatic rings. The molecule has 11 nitrogen and oxygen atoms in total. The molecule has 1 aliphatic rings. The highest BCUT2D eigenvalue weighted by Gasteiger charge is 2.29. The largest absolute Gasteiger partial charge is 0.449 e. The Balaban J connectivity index is 1.23. The Hall–Kier alpha value is -4.41. The van der Waals surface area contributed by atoms with Gasteiger partial charge in [0, 0.05) is 5.92 Å². The number of benzene rings is 2. The van der Waals surface area contributed by atoms with E-state index < -0.39 is 29.7 Å². The van der Waals surface area contributed by atoms with Crippen molar-refractivity contribution in [2.45, 2.75) is 65.1 Å². The van der Waals surface area contributed by atoms with Gasteiger partial charge in [-0.3, -0.25) is 4.79 Å². The van der Waals surface area contributed by atoms with Gasteiger partial charge in [0.25, 0.3) is 0 Å². The van der Waals surface area contributed by atoms with Crippen LogP contribution in [-0.2, 0) is 20.8 Å². The van der Waals surface area contributed by atoms with Crippen LogP contribution >= 0.6 is 0 Å². The van der Waals surface area contributed by atoms with Gasteiger partial charge in [0.2, 0.25) is 11.8 Å². The maximum Gasteiger partial charge on any atom is 0.408 e. The number of carbonyl (C=O) groups is 3. The molecule has 0 aliphatic heterocycles. The van der Waals surface area contributed by atoms with Crippen LogP contribution in [0.4, 0.5) is 9.59 Å². The van der Waals surface area contributed by atoms with Gasteiger partial charge in [-0.05, 0) is 55.4 Å². The summed E-state index contributed by atoms with van der Waals surface area (Å²) in [6.45, 7) is 9.18. The van der Waals surface area contributed by atoms with E-state index in [-0.39, 0.29) is 43.2 Å². The molecule has 1 aliphatic carbocycles. The van der Waals surface area contributed by atoms with Crippen molar-refractivity contribution in [3.05, 3.63) is 71.4 Å². The first-order valence-corrected chi connectivity index (χ1v) is 13.7. The van der Waals surface area contributed by atoms with Crippen molar-refractivity contribution in [1.29, 1.82) is 0 Å². The molecule has 0 saturated heterocycles. The zero-order chi connectivity index (χ0) is 29.6. The summed E-state index contributed by atoms with van der Waals surface area (Å²) >= 11 is 0. The van der Waals surface area contributed by atoms with Crippen molar-refractivity contribution >= 4 is 18.1 Å². The zero-order valence-electron chi connectivity index (χ0n) is 24.0. The lowest BCUT2D eigenvalue weighted by molar-refractivity contribution is -0.120. The standard InChI is InChI=1S/C30H37N5O6/c1-18(2)14-24(33-29(38)40-30(3,4)5)27-34-26(41-35-27)16-31-25(36)15-32-28(37)39-17-23-21-12-8-6-10-19(21)20-11-7-9-13-22(20)23/h6-13,18,23-24H,14-17H2,1-5H3,(H,31,36)(H,32,37)(H,33,38). The van der Waals surface area contributed by atoms with Crippen LogP contribution in [0.2, 0.25) is 0 Å². The summed E-state index contributed by atoms with van der Waals surface area (Å²) in [6.07, 6.45) is -0.705. The quantitative estimate of drug-likeness (QED) is 0.318. The van der Waals surface area contributed by atoms with E-state index in [1.807, 2.05) is 50.2 Å². The molecule has 1 atom stereocenters. The minimum atomic E-state index is -0.688. The third-order valence-corrected chi connectivity index (χ3v) is 6.37. The topological polar surface area (TPSA) is 145 Å². The van der Waals surface area contributed by atoms with Gasteiger partial charge in [-0.2, -0.15) is 4.98 Å². The van der Waals surface area contributed by atoms with Crippen molar-refractivity contribution in [1.82, 2.24) is 26.1 Å². The van der Waals surface area contributed by atoms with Crippen LogP contribution in [0.5, 0.6) is 0 Å². The summed E-state index contributed by atoms with van der Waals surface area (Å²) in [5.41, 5.74) is 3.84. The lowest BCUT2D eigenvalue weighted by Gasteiger charge is -2.23. The van der Waals surface area contributed by atoms with Crippen molar-refractivity contribution in [2.75, 3.05) is 13.2 Å². The van der Waals surface area contributed by atoms with E-state index in [9.17, 15) is 14.4 Å². The molecule has 0 fully saturated rings. The van der Waals surface area contributed by atoms with E-state index in [4.69, 9.17) is 14.0 Å². The second-order valence-corrected chi connectivity index (χ2v) is 11.3. The van der Waals surface area contributed by atoms with Crippen LogP contribution in [0.3, 0.4) is 0 Å². The Morgan fingerprint density at radius 3 is 2.20 bits per heavy atom. The number of carbonyl (C=O) groups excluding carboxylic acids is 3. The van der Waals surface area contributed by atoms with Gasteiger partial charge in [-0.1, -0.05) is 67.5 Å². The SMILES string of the molecule is CC(C)CC(NC(=O)OC(C)(C)C)c1noc(CNC(=O)CNC(=O)OCC2c3ccccc3-c3ccccc32)n1. The molecule has 218 valence electrons. The van der Waals surface area contributed by atoms with E-state index in [1.165, 1.54) is 0 Å². The number of hydrogen-bond acceptors (Lipinski definition) is 8. The summed E-state index contributed by atoms with van der Waals surface area (Å²) in [7, 11) is 0. The fourth-order valence-electron chi connectivity index (χ4n) is 4.67. The molecular weight excluding hydrogens is 526 g/mol. The van der Waals surface area contributed by atoms with Gasteiger partial charge >= 0.3 is 12.2 Å². The molecule has 3 amide bonds. The van der Waals surface area contributed by atoms with Gasteiger partial charge < -0.3 is 29.9 Å². The maximum atomic E-state index is 12.3. The van der Waals surface area contributed by atoms with Gasteiger partial charge in [-0.15, -0.1) is 0 Å². The predicted octanol–water partition coefficient (Wildman–Crippen LogP) is 4.84. The lowest BCUT2D eigenvalue weighted by atomic mass is 9.98. The molecule has 0 radical (unpaired) electrons. The number of aromatic nitrogens is 2. The third kappa shape index (κ3) is 8.06. The molecule has 1 aromatic heterocycles. The molecule has 0 spiro atoms. The molecule has 41 heavy (non-hydrogen) atoms. The number of alkyl carbamates (subject to hydrolysis) is 2. The predicted molar refractivity (Wildman–Crippen MR) is 151 cm³/mol. The van der Waals surface area contributed by atoms with Crippen molar-refractivity contribution < 1.29 is 28.4 Å². The Kier molecular flexibility index (Phi) is 9.26. The summed E-state index contributed by atoms with van der Waals surface area (Å²) in [4.78, 5) is 41.3. The molecule has 4 rings (SSSR count). The average molecular weight is 564 g/mol. The van der Waals surface area contributed by atoms with Crippen molar-refractivity contribution in [2.24, 2.45) is 5.92 Å². The number of ether oxygens (including phenoxy) is 2. The van der Waals surface area contributed by atoms with E-state index in [0.29, 0.717) is 6.42 Å². The minimum absolute atomic E-state index is 0.0426. The number of nitrogens with zero attached hydrogens (tertiary/aromatic N) is 2. The number of nitrogens with one attached hydrogen (secondary N) is 3. The van der Waals surface area contributed by atoms with Gasteiger partial charge in [0.05, 0.1) is 12.6 Å². The van der Waals surface area contributed by atoms with Crippen LogP contribution in [0.1, 0.15) is 75.8 Å². The van der Waals surface area contributed by atoms with Crippen molar-refractivity contribution in [3.63, 3.8) is 0 Å². The fraction of sp³-hybridized carbons (Fsp3) is 0.433. The molecular formula is C30H37N5O6. The van der Waals surface area contributed by atoms with E-state index in [1.54, 1.807) is 20.8 Å². The second kappa shape index (κ2) is 12.8. The molecule has 0 bridgehead atoms. The normalized spacial score (nSPS) is 13.2. The number of hydrogen-bond donors (Lipinski definition) is 3. The van der Waals surface area contributed by atoms with Gasteiger partial charge in [-0.25, -0.2) is 9.59 Å². The van der Waals surface area contributed by atoms with Crippen LogP contribution < -0.4 is 16.0 Å².